The molecule has 0 heterocycles. The van der Waals surface area contributed by atoms with Crippen LogP contribution in [-0.2, 0) is 0 Å². The van der Waals surface area contributed by atoms with Gasteiger partial charge in [-0.15, -0.1) is 0 Å². The van der Waals surface area contributed by atoms with Crippen LogP contribution in [0.15, 0.2) is 15.7 Å². The number of rotatable bonds is 8. The fraction of sp³-hybridized carbons (Fsp3) is 0.692. The molecule has 4 nitrogen and oxygen atoms in total. The van der Waals surface area contributed by atoms with Gasteiger partial charge in [0.05, 0.1) is 5.69 Å². The fourth-order valence-electron chi connectivity index (χ4n) is 1.98. The average molecular weight is 238 g/mol. The van der Waals surface area contributed by atoms with Gasteiger partial charge in [0.2, 0.25) is 10.9 Å². The predicted octanol–water partition coefficient (Wildman–Crippen LogP) is 0.841. The van der Waals surface area contributed by atoms with Crippen LogP contribution in [0.25, 0.3) is 0 Å². The van der Waals surface area contributed by atoms with Gasteiger partial charge in [0, 0.05) is 19.7 Å². The van der Waals surface area contributed by atoms with Crippen molar-refractivity contribution in [3.05, 3.63) is 26.5 Å². The third kappa shape index (κ3) is 3.66. The molecule has 0 spiro atoms. The standard InChI is InChI=1S/C13H22N2O2/c1-4-7-15(5-2)9-6-8-14(3)11-10-12(16)13(11)17/h10H,4-9H2,1-3H3. The molecule has 0 fully saturated rings. The first-order valence-electron chi connectivity index (χ1n) is 6.34. The predicted molar refractivity (Wildman–Crippen MR) is 71.6 cm³/mol. The normalized spacial score (nSPS) is 11.3. The van der Waals surface area contributed by atoms with Crippen LogP contribution in [0.4, 0.5) is 5.69 Å². The molecule has 0 aliphatic carbocycles. The molecule has 1 aromatic rings. The quantitative estimate of drug-likeness (QED) is 0.629. The first kappa shape index (κ1) is 13.9. The minimum absolute atomic E-state index is 0.339. The van der Waals surface area contributed by atoms with E-state index in [9.17, 15) is 9.59 Å². The number of hydrogen-bond donors (Lipinski definition) is 0. The summed E-state index contributed by atoms with van der Waals surface area (Å²) in [4.78, 5) is 26.3. The molecule has 1 rings (SSSR count). The molecule has 0 N–H and O–H groups in total. The van der Waals surface area contributed by atoms with Crippen LogP contribution in [0.1, 0.15) is 26.7 Å². The van der Waals surface area contributed by atoms with Gasteiger partial charge in [0.25, 0.3) is 0 Å². The zero-order valence-electron chi connectivity index (χ0n) is 11.0. The van der Waals surface area contributed by atoms with Crippen molar-refractivity contribution in [3.8, 4) is 0 Å². The van der Waals surface area contributed by atoms with E-state index in [4.69, 9.17) is 0 Å². The van der Waals surface area contributed by atoms with E-state index in [1.54, 1.807) is 0 Å². The summed E-state index contributed by atoms with van der Waals surface area (Å²) in [7, 11) is 1.87. The van der Waals surface area contributed by atoms with Gasteiger partial charge < -0.3 is 9.80 Å². The zero-order valence-corrected chi connectivity index (χ0v) is 11.0. The van der Waals surface area contributed by atoms with Gasteiger partial charge in [-0.25, -0.2) is 0 Å². The van der Waals surface area contributed by atoms with Gasteiger partial charge in [-0.2, -0.15) is 0 Å². The molecule has 0 bridgehead atoms. The Balaban J connectivity index is 2.30. The van der Waals surface area contributed by atoms with E-state index in [2.05, 4.69) is 18.7 Å². The maximum Gasteiger partial charge on any atom is 0.249 e. The van der Waals surface area contributed by atoms with Gasteiger partial charge in [-0.05, 0) is 32.5 Å². The lowest BCUT2D eigenvalue weighted by molar-refractivity contribution is 0.286. The Morgan fingerprint density at radius 3 is 2.29 bits per heavy atom. The lowest BCUT2D eigenvalue weighted by Gasteiger charge is -2.23. The van der Waals surface area contributed by atoms with Crippen molar-refractivity contribution in [2.75, 3.05) is 38.1 Å². The summed E-state index contributed by atoms with van der Waals surface area (Å²) in [5, 5.41) is 0. The first-order chi connectivity index (χ1) is 8.10. The summed E-state index contributed by atoms with van der Waals surface area (Å²) < 4.78 is 0. The summed E-state index contributed by atoms with van der Waals surface area (Å²) in [6.07, 6.45) is 2.19. The largest absolute Gasteiger partial charge is 0.371 e. The first-order valence-corrected chi connectivity index (χ1v) is 6.34. The molecule has 0 atom stereocenters. The second-order valence-electron chi connectivity index (χ2n) is 4.43. The molecule has 0 saturated carbocycles. The van der Waals surface area contributed by atoms with E-state index in [0.717, 1.165) is 32.6 Å². The third-order valence-electron chi connectivity index (χ3n) is 3.09. The topological polar surface area (TPSA) is 40.6 Å². The number of anilines is 1. The molecule has 0 saturated heterocycles. The van der Waals surface area contributed by atoms with Crippen LogP contribution >= 0.6 is 0 Å². The molecular formula is C13H22N2O2. The van der Waals surface area contributed by atoms with Crippen LogP contribution < -0.4 is 15.8 Å². The highest BCUT2D eigenvalue weighted by Gasteiger charge is 2.13. The van der Waals surface area contributed by atoms with E-state index in [1.165, 1.54) is 12.5 Å². The van der Waals surface area contributed by atoms with Crippen LogP contribution in [0.3, 0.4) is 0 Å². The van der Waals surface area contributed by atoms with Crippen molar-refractivity contribution >= 4 is 5.69 Å². The Labute approximate surface area is 103 Å². The molecule has 0 aromatic heterocycles. The summed E-state index contributed by atoms with van der Waals surface area (Å²) in [6, 6.07) is 1.42. The van der Waals surface area contributed by atoms with Crippen LogP contribution in [0.2, 0.25) is 0 Å². The lowest BCUT2D eigenvalue weighted by atomic mass is 10.2. The van der Waals surface area contributed by atoms with E-state index in [0.29, 0.717) is 5.69 Å². The molecule has 0 aliphatic rings. The Morgan fingerprint density at radius 1 is 1.12 bits per heavy atom. The molecule has 0 aliphatic heterocycles. The van der Waals surface area contributed by atoms with Crippen LogP contribution in [-0.4, -0.2) is 38.1 Å². The minimum Gasteiger partial charge on any atom is -0.371 e. The monoisotopic (exact) mass is 238 g/mol. The highest BCUT2D eigenvalue weighted by molar-refractivity contribution is 5.49. The van der Waals surface area contributed by atoms with Gasteiger partial charge >= 0.3 is 0 Å². The second-order valence-corrected chi connectivity index (χ2v) is 4.43. The van der Waals surface area contributed by atoms with Crippen molar-refractivity contribution in [1.29, 1.82) is 0 Å². The van der Waals surface area contributed by atoms with Gasteiger partial charge in [0.1, 0.15) is 0 Å². The van der Waals surface area contributed by atoms with Crippen LogP contribution in [0, 0.1) is 0 Å². The van der Waals surface area contributed by atoms with E-state index >= 15 is 0 Å². The molecule has 96 valence electrons. The maximum atomic E-state index is 11.2. The average Bonchev–Trinajstić information content (AvgIpc) is 2.33. The Bertz CT molecular complexity index is 407. The van der Waals surface area contributed by atoms with Gasteiger partial charge in [-0.1, -0.05) is 13.8 Å². The molecule has 0 unspecified atom stereocenters. The SMILES string of the molecule is CCCN(CC)CCCN(C)c1cc(=O)c1=O. The highest BCUT2D eigenvalue weighted by Crippen LogP contribution is 2.04. The molecule has 0 radical (unpaired) electrons. The molecule has 1 aromatic carbocycles. The molecule has 0 amide bonds. The maximum absolute atomic E-state index is 11.2. The number of nitrogens with zero attached hydrogens (tertiary/aromatic N) is 2. The van der Waals surface area contributed by atoms with E-state index in [1.807, 2.05) is 11.9 Å². The zero-order chi connectivity index (χ0) is 12.8. The highest BCUT2D eigenvalue weighted by atomic mass is 16.2. The second kappa shape index (κ2) is 6.55. The van der Waals surface area contributed by atoms with Crippen molar-refractivity contribution in [3.63, 3.8) is 0 Å². The minimum atomic E-state index is -0.368. The molecule has 4 heteroatoms. The summed E-state index contributed by atoms with van der Waals surface area (Å²) in [5.41, 5.74) is -0.144. The Morgan fingerprint density at radius 2 is 1.82 bits per heavy atom. The lowest BCUT2D eigenvalue weighted by Crippen LogP contribution is -2.38. The van der Waals surface area contributed by atoms with Gasteiger partial charge in [0.15, 0.2) is 0 Å². The summed E-state index contributed by atoms with van der Waals surface area (Å²) in [6.45, 7) is 8.40. The number of hydrogen-bond acceptors (Lipinski definition) is 4. The van der Waals surface area contributed by atoms with Crippen molar-refractivity contribution < 1.29 is 0 Å². The Hall–Kier alpha value is -1.16. The third-order valence-corrected chi connectivity index (χ3v) is 3.09. The molecular weight excluding hydrogens is 216 g/mol. The van der Waals surface area contributed by atoms with Crippen molar-refractivity contribution in [1.82, 2.24) is 4.90 Å². The Kier molecular flexibility index (Phi) is 5.35. The van der Waals surface area contributed by atoms with Crippen molar-refractivity contribution in [2.24, 2.45) is 0 Å². The molecule has 17 heavy (non-hydrogen) atoms. The van der Waals surface area contributed by atoms with E-state index < -0.39 is 0 Å². The van der Waals surface area contributed by atoms with E-state index in [-0.39, 0.29) is 10.9 Å². The fourth-order valence-corrected chi connectivity index (χ4v) is 1.98. The van der Waals surface area contributed by atoms with Crippen LogP contribution in [0.5, 0.6) is 0 Å². The summed E-state index contributed by atoms with van der Waals surface area (Å²) >= 11 is 0. The van der Waals surface area contributed by atoms with Gasteiger partial charge in [-0.3, -0.25) is 9.59 Å². The van der Waals surface area contributed by atoms with Crippen molar-refractivity contribution in [2.45, 2.75) is 26.7 Å². The summed E-state index contributed by atoms with van der Waals surface area (Å²) in [5.74, 6) is 0. The smallest absolute Gasteiger partial charge is 0.249 e.